The summed E-state index contributed by atoms with van der Waals surface area (Å²) in [5.41, 5.74) is 0.919. The Bertz CT molecular complexity index is 729. The summed E-state index contributed by atoms with van der Waals surface area (Å²) in [7, 11) is 1.88. The normalized spacial score (nSPS) is 29.7. The van der Waals surface area contributed by atoms with Gasteiger partial charge in [0.2, 0.25) is 5.91 Å². The maximum atomic E-state index is 13.0. The Labute approximate surface area is 154 Å². The number of piperidine rings is 1. The van der Waals surface area contributed by atoms with E-state index in [1.807, 2.05) is 29.8 Å². The highest BCUT2D eigenvalue weighted by atomic mass is 16.2. The van der Waals surface area contributed by atoms with Gasteiger partial charge >= 0.3 is 6.03 Å². The van der Waals surface area contributed by atoms with Gasteiger partial charge in [-0.1, -0.05) is 0 Å². The molecule has 0 aliphatic carbocycles. The fourth-order valence-electron chi connectivity index (χ4n) is 4.80. The SMILES string of the molecule is Cc1cc(N2CCC(N3CC[C@H]4[C@@H](C3)NC(=O)N4C(C)C)C2=O)n(C)n1. The van der Waals surface area contributed by atoms with Crippen LogP contribution in [0.15, 0.2) is 6.07 Å². The van der Waals surface area contributed by atoms with Gasteiger partial charge in [-0.15, -0.1) is 0 Å². The molecule has 0 saturated carbocycles. The van der Waals surface area contributed by atoms with Gasteiger partial charge < -0.3 is 10.2 Å². The average molecular weight is 360 g/mol. The van der Waals surface area contributed by atoms with Crippen molar-refractivity contribution in [3.05, 3.63) is 11.8 Å². The molecule has 1 unspecified atom stereocenters. The van der Waals surface area contributed by atoms with Gasteiger partial charge in [-0.25, -0.2) is 4.79 Å². The van der Waals surface area contributed by atoms with Crippen LogP contribution >= 0.6 is 0 Å². The third-order valence-corrected chi connectivity index (χ3v) is 5.94. The molecule has 3 aliphatic heterocycles. The third-order valence-electron chi connectivity index (χ3n) is 5.94. The van der Waals surface area contributed by atoms with Gasteiger partial charge in [-0.2, -0.15) is 5.10 Å². The Kier molecular flexibility index (Phi) is 4.17. The fraction of sp³-hybridized carbons (Fsp3) is 0.722. The first-order chi connectivity index (χ1) is 12.4. The van der Waals surface area contributed by atoms with Gasteiger partial charge in [0.05, 0.1) is 23.8 Å². The zero-order chi connectivity index (χ0) is 18.6. The first-order valence-corrected chi connectivity index (χ1v) is 9.51. The van der Waals surface area contributed by atoms with Crippen molar-refractivity contribution in [2.45, 2.75) is 57.8 Å². The fourth-order valence-corrected chi connectivity index (χ4v) is 4.80. The quantitative estimate of drug-likeness (QED) is 0.862. The summed E-state index contributed by atoms with van der Waals surface area (Å²) in [6.45, 7) is 8.38. The monoisotopic (exact) mass is 360 g/mol. The molecule has 3 saturated heterocycles. The van der Waals surface area contributed by atoms with Crippen LogP contribution in [0.5, 0.6) is 0 Å². The standard InChI is InChI=1S/C18H28N6O2/c1-11(2)24-14-5-7-22(10-13(14)19-18(24)26)15-6-8-23(17(15)25)16-9-12(3)20-21(16)4/h9,11,13-15H,5-8,10H2,1-4H3,(H,19,26)/t13-,14+,15?/m1/s1. The van der Waals surface area contributed by atoms with Gasteiger partial charge in [0.25, 0.3) is 0 Å². The van der Waals surface area contributed by atoms with Crippen molar-refractivity contribution >= 4 is 17.8 Å². The van der Waals surface area contributed by atoms with Crippen molar-refractivity contribution in [3.8, 4) is 0 Å². The molecular weight excluding hydrogens is 332 g/mol. The zero-order valence-electron chi connectivity index (χ0n) is 16.0. The van der Waals surface area contributed by atoms with E-state index in [2.05, 4.69) is 29.2 Å². The Hall–Kier alpha value is -2.09. The van der Waals surface area contributed by atoms with Crippen molar-refractivity contribution in [2.75, 3.05) is 24.5 Å². The predicted molar refractivity (Wildman–Crippen MR) is 98.0 cm³/mol. The molecule has 0 spiro atoms. The van der Waals surface area contributed by atoms with Crippen molar-refractivity contribution in [3.63, 3.8) is 0 Å². The van der Waals surface area contributed by atoms with E-state index in [1.54, 1.807) is 4.68 Å². The number of hydrogen-bond donors (Lipinski definition) is 1. The topological polar surface area (TPSA) is 73.7 Å². The van der Waals surface area contributed by atoms with Crippen LogP contribution in [0, 0.1) is 6.92 Å². The molecule has 0 aromatic carbocycles. The van der Waals surface area contributed by atoms with E-state index in [4.69, 9.17) is 0 Å². The third kappa shape index (κ3) is 2.67. The number of nitrogens with one attached hydrogen (secondary N) is 1. The number of anilines is 1. The molecular formula is C18H28N6O2. The molecule has 8 nitrogen and oxygen atoms in total. The molecule has 3 amide bonds. The smallest absolute Gasteiger partial charge is 0.318 e. The van der Waals surface area contributed by atoms with E-state index >= 15 is 0 Å². The number of likely N-dealkylation sites (tertiary alicyclic amines) is 1. The molecule has 1 aromatic heterocycles. The van der Waals surface area contributed by atoms with Gasteiger partial charge in [-0.05, 0) is 33.6 Å². The minimum Gasteiger partial charge on any atom is -0.332 e. The Morgan fingerprint density at radius 1 is 1.23 bits per heavy atom. The predicted octanol–water partition coefficient (Wildman–Crippen LogP) is 0.710. The number of aromatic nitrogens is 2. The summed E-state index contributed by atoms with van der Waals surface area (Å²) in [4.78, 5) is 31.4. The van der Waals surface area contributed by atoms with Crippen molar-refractivity contribution in [1.82, 2.24) is 24.9 Å². The van der Waals surface area contributed by atoms with Crippen LogP contribution in [0.25, 0.3) is 0 Å². The zero-order valence-corrected chi connectivity index (χ0v) is 16.0. The van der Waals surface area contributed by atoms with Gasteiger partial charge in [0.15, 0.2) is 0 Å². The number of carbonyl (C=O) groups is 2. The van der Waals surface area contributed by atoms with E-state index in [-0.39, 0.29) is 36.1 Å². The molecule has 26 heavy (non-hydrogen) atoms. The maximum Gasteiger partial charge on any atom is 0.318 e. The summed E-state index contributed by atoms with van der Waals surface area (Å²) in [6.07, 6.45) is 1.73. The van der Waals surface area contributed by atoms with Crippen molar-refractivity contribution in [2.24, 2.45) is 7.05 Å². The lowest BCUT2D eigenvalue weighted by atomic mass is 9.97. The van der Waals surface area contributed by atoms with Gasteiger partial charge in [0, 0.05) is 38.8 Å². The second-order valence-corrected chi connectivity index (χ2v) is 7.97. The molecule has 1 N–H and O–H groups in total. The highest BCUT2D eigenvalue weighted by molar-refractivity contribution is 5.98. The second-order valence-electron chi connectivity index (χ2n) is 7.97. The lowest BCUT2D eigenvalue weighted by Gasteiger charge is -2.39. The number of aryl methyl sites for hydroxylation is 2. The van der Waals surface area contributed by atoms with Crippen LogP contribution in [0.2, 0.25) is 0 Å². The van der Waals surface area contributed by atoms with Crippen LogP contribution in [0.1, 0.15) is 32.4 Å². The lowest BCUT2D eigenvalue weighted by Crippen LogP contribution is -2.56. The highest BCUT2D eigenvalue weighted by Crippen LogP contribution is 2.30. The van der Waals surface area contributed by atoms with Gasteiger partial charge in [0.1, 0.15) is 5.82 Å². The molecule has 3 fully saturated rings. The highest BCUT2D eigenvalue weighted by Gasteiger charge is 2.47. The molecule has 3 atom stereocenters. The number of hydrogen-bond acceptors (Lipinski definition) is 4. The molecule has 4 heterocycles. The number of fused-ring (bicyclic) bond motifs is 1. The largest absolute Gasteiger partial charge is 0.332 e. The molecule has 4 rings (SSSR count). The summed E-state index contributed by atoms with van der Waals surface area (Å²) < 4.78 is 1.78. The molecule has 1 aromatic rings. The minimum atomic E-state index is -0.101. The molecule has 142 valence electrons. The first kappa shape index (κ1) is 17.3. The molecule has 3 aliphatic rings. The average Bonchev–Trinajstić information content (AvgIpc) is 3.20. The minimum absolute atomic E-state index is 0.0292. The van der Waals surface area contributed by atoms with E-state index < -0.39 is 0 Å². The van der Waals surface area contributed by atoms with Crippen LogP contribution in [0.3, 0.4) is 0 Å². The molecule has 0 radical (unpaired) electrons. The number of urea groups is 1. The number of rotatable bonds is 3. The number of nitrogens with zero attached hydrogens (tertiary/aromatic N) is 5. The Balaban J connectivity index is 1.46. The Morgan fingerprint density at radius 3 is 2.65 bits per heavy atom. The van der Waals surface area contributed by atoms with E-state index in [0.29, 0.717) is 0 Å². The number of amides is 3. The lowest BCUT2D eigenvalue weighted by molar-refractivity contribution is -0.122. The van der Waals surface area contributed by atoms with Crippen LogP contribution in [0.4, 0.5) is 10.6 Å². The maximum absolute atomic E-state index is 13.0. The summed E-state index contributed by atoms with van der Waals surface area (Å²) in [6, 6.07) is 2.45. The summed E-state index contributed by atoms with van der Waals surface area (Å²) in [5.74, 6) is 1.02. The van der Waals surface area contributed by atoms with Gasteiger partial charge in [-0.3, -0.25) is 19.3 Å². The summed E-state index contributed by atoms with van der Waals surface area (Å²) >= 11 is 0. The first-order valence-electron chi connectivity index (χ1n) is 9.51. The van der Waals surface area contributed by atoms with Crippen molar-refractivity contribution < 1.29 is 9.59 Å². The molecule has 8 heteroatoms. The van der Waals surface area contributed by atoms with Crippen LogP contribution < -0.4 is 10.2 Å². The second kappa shape index (κ2) is 6.26. The van der Waals surface area contributed by atoms with E-state index in [1.165, 1.54) is 0 Å². The van der Waals surface area contributed by atoms with Crippen LogP contribution in [-0.2, 0) is 11.8 Å². The summed E-state index contributed by atoms with van der Waals surface area (Å²) in [5, 5.41) is 7.48. The molecule has 0 bridgehead atoms. The van der Waals surface area contributed by atoms with Crippen molar-refractivity contribution in [1.29, 1.82) is 0 Å². The number of carbonyl (C=O) groups excluding carboxylic acids is 2. The van der Waals surface area contributed by atoms with Crippen LogP contribution in [-0.4, -0.2) is 75.3 Å². The van der Waals surface area contributed by atoms with E-state index in [0.717, 1.165) is 44.0 Å². The Morgan fingerprint density at radius 2 is 2.00 bits per heavy atom. The van der Waals surface area contributed by atoms with E-state index in [9.17, 15) is 9.59 Å².